The average molecular weight is 377 g/mol. The highest BCUT2D eigenvalue weighted by atomic mass is 127. The first-order valence-corrected chi connectivity index (χ1v) is 6.57. The van der Waals surface area contributed by atoms with E-state index in [-0.39, 0.29) is 0 Å². The third-order valence-electron chi connectivity index (χ3n) is 2.40. The van der Waals surface area contributed by atoms with Gasteiger partial charge in [0.15, 0.2) is 0 Å². The second kappa shape index (κ2) is 5.81. The molecule has 0 bridgehead atoms. The number of benzene rings is 1. The van der Waals surface area contributed by atoms with E-state index >= 15 is 0 Å². The first-order valence-electron chi connectivity index (χ1n) is 5.11. The second-order valence-electron chi connectivity index (χ2n) is 3.52. The molecule has 0 aliphatic rings. The molecule has 94 valence electrons. The fraction of sp³-hybridized carbons (Fsp3) is 0.167. The minimum Gasteiger partial charge on any atom is -0.480 e. The molecule has 2 rings (SSSR count). The summed E-state index contributed by atoms with van der Waals surface area (Å²) in [4.78, 5) is 8.13. The Kier molecular flexibility index (Phi) is 4.36. The molecule has 1 unspecified atom stereocenters. The topological polar surface area (TPSA) is 55.2 Å². The summed E-state index contributed by atoms with van der Waals surface area (Å²) >= 11 is 8.08. The van der Waals surface area contributed by atoms with E-state index in [1.165, 1.54) is 19.5 Å². The van der Waals surface area contributed by atoms with Gasteiger partial charge in [-0.3, -0.25) is 4.98 Å². The zero-order chi connectivity index (χ0) is 13.1. The number of halogens is 2. The van der Waals surface area contributed by atoms with Crippen LogP contribution in [0.2, 0.25) is 5.02 Å². The number of rotatable bonds is 3. The number of methoxy groups -OCH3 is 1. The van der Waals surface area contributed by atoms with Crippen LogP contribution in [0.3, 0.4) is 0 Å². The lowest BCUT2D eigenvalue weighted by Gasteiger charge is -2.14. The zero-order valence-corrected chi connectivity index (χ0v) is 12.4. The maximum atomic E-state index is 10.4. The van der Waals surface area contributed by atoms with E-state index in [4.69, 9.17) is 16.3 Å². The Labute approximate surface area is 123 Å². The molecule has 0 amide bonds. The van der Waals surface area contributed by atoms with E-state index in [1.807, 2.05) is 6.07 Å². The molecule has 0 spiro atoms. The zero-order valence-electron chi connectivity index (χ0n) is 9.47. The van der Waals surface area contributed by atoms with E-state index in [1.54, 1.807) is 12.1 Å². The molecular weight excluding hydrogens is 367 g/mol. The monoisotopic (exact) mass is 376 g/mol. The van der Waals surface area contributed by atoms with Crippen molar-refractivity contribution in [3.63, 3.8) is 0 Å². The molecule has 0 saturated heterocycles. The van der Waals surface area contributed by atoms with Crippen LogP contribution in [0.25, 0.3) is 0 Å². The number of aliphatic hydroxyl groups is 1. The van der Waals surface area contributed by atoms with Crippen molar-refractivity contribution in [2.24, 2.45) is 0 Å². The Balaban J connectivity index is 2.47. The maximum absolute atomic E-state index is 10.4. The number of nitrogens with zero attached hydrogens (tertiary/aromatic N) is 2. The molecule has 2 aromatic rings. The molecule has 6 heteroatoms. The van der Waals surface area contributed by atoms with Crippen molar-refractivity contribution in [3.05, 3.63) is 50.4 Å². The number of aliphatic hydroxyl groups excluding tert-OH is 1. The SMILES string of the molecule is COc1nccnc1C(O)c1cc(Cl)ccc1I. The molecule has 1 N–H and O–H groups in total. The Morgan fingerprint density at radius 2 is 2.06 bits per heavy atom. The smallest absolute Gasteiger partial charge is 0.238 e. The number of hydrogen-bond acceptors (Lipinski definition) is 4. The van der Waals surface area contributed by atoms with E-state index in [2.05, 4.69) is 32.6 Å². The summed E-state index contributed by atoms with van der Waals surface area (Å²) in [5.74, 6) is 0.306. The molecule has 0 saturated carbocycles. The fourth-order valence-electron chi connectivity index (χ4n) is 1.55. The predicted molar refractivity (Wildman–Crippen MR) is 76.8 cm³/mol. The summed E-state index contributed by atoms with van der Waals surface area (Å²) in [6.07, 6.45) is 2.11. The van der Waals surface area contributed by atoms with Gasteiger partial charge in [0.1, 0.15) is 11.8 Å². The molecule has 1 aromatic carbocycles. The van der Waals surface area contributed by atoms with Gasteiger partial charge in [-0.05, 0) is 40.8 Å². The number of hydrogen-bond donors (Lipinski definition) is 1. The van der Waals surface area contributed by atoms with Gasteiger partial charge in [-0.2, -0.15) is 0 Å². The van der Waals surface area contributed by atoms with Gasteiger partial charge in [0.25, 0.3) is 0 Å². The molecule has 18 heavy (non-hydrogen) atoms. The highest BCUT2D eigenvalue weighted by molar-refractivity contribution is 14.1. The summed E-state index contributed by atoms with van der Waals surface area (Å²) in [6, 6.07) is 5.32. The van der Waals surface area contributed by atoms with Gasteiger partial charge in [-0.1, -0.05) is 11.6 Å². The van der Waals surface area contributed by atoms with Crippen LogP contribution in [-0.4, -0.2) is 22.2 Å². The van der Waals surface area contributed by atoms with Crippen LogP contribution in [0, 0.1) is 3.57 Å². The van der Waals surface area contributed by atoms with Gasteiger partial charge in [0.2, 0.25) is 5.88 Å². The van der Waals surface area contributed by atoms with E-state index in [0.717, 1.165) is 3.57 Å². The van der Waals surface area contributed by atoms with Gasteiger partial charge < -0.3 is 9.84 Å². The largest absolute Gasteiger partial charge is 0.480 e. The lowest BCUT2D eigenvalue weighted by atomic mass is 10.1. The van der Waals surface area contributed by atoms with Crippen molar-refractivity contribution in [2.45, 2.75) is 6.10 Å². The first-order chi connectivity index (χ1) is 8.63. The van der Waals surface area contributed by atoms with Crippen molar-refractivity contribution in [2.75, 3.05) is 7.11 Å². The third kappa shape index (κ3) is 2.73. The molecule has 1 heterocycles. The Morgan fingerprint density at radius 1 is 1.33 bits per heavy atom. The van der Waals surface area contributed by atoms with Crippen molar-refractivity contribution in [1.29, 1.82) is 0 Å². The summed E-state index contributed by atoms with van der Waals surface area (Å²) in [5.41, 5.74) is 1.06. The summed E-state index contributed by atoms with van der Waals surface area (Å²) < 4.78 is 5.99. The van der Waals surface area contributed by atoms with E-state index in [0.29, 0.717) is 22.2 Å². The van der Waals surface area contributed by atoms with E-state index < -0.39 is 6.10 Å². The molecule has 4 nitrogen and oxygen atoms in total. The Bertz CT molecular complexity index is 566. The van der Waals surface area contributed by atoms with Gasteiger partial charge >= 0.3 is 0 Å². The molecule has 0 radical (unpaired) electrons. The molecule has 0 fully saturated rings. The van der Waals surface area contributed by atoms with Crippen molar-refractivity contribution in [1.82, 2.24) is 9.97 Å². The summed E-state index contributed by atoms with van der Waals surface area (Å²) in [6.45, 7) is 0. The standard InChI is InChI=1S/C12H10ClIN2O2/c1-18-12-10(15-4-5-16-12)11(17)8-6-7(13)2-3-9(8)14/h2-6,11,17H,1H3. The number of ether oxygens (including phenoxy) is 1. The molecule has 1 aromatic heterocycles. The molecule has 0 aliphatic heterocycles. The second-order valence-corrected chi connectivity index (χ2v) is 5.12. The summed E-state index contributed by atoms with van der Waals surface area (Å²) in [7, 11) is 1.49. The van der Waals surface area contributed by atoms with Crippen LogP contribution in [-0.2, 0) is 0 Å². The molecule has 1 atom stereocenters. The van der Waals surface area contributed by atoms with Crippen molar-refractivity contribution < 1.29 is 9.84 Å². The lowest BCUT2D eigenvalue weighted by molar-refractivity contribution is 0.207. The quantitative estimate of drug-likeness (QED) is 0.837. The third-order valence-corrected chi connectivity index (χ3v) is 3.61. The normalized spacial score (nSPS) is 12.2. The van der Waals surface area contributed by atoms with Gasteiger partial charge in [0, 0.05) is 26.5 Å². The van der Waals surface area contributed by atoms with Crippen LogP contribution in [0.5, 0.6) is 5.88 Å². The van der Waals surface area contributed by atoms with Crippen LogP contribution in [0.15, 0.2) is 30.6 Å². The van der Waals surface area contributed by atoms with Gasteiger partial charge in [-0.25, -0.2) is 4.98 Å². The van der Waals surface area contributed by atoms with Crippen LogP contribution in [0.4, 0.5) is 0 Å². The average Bonchev–Trinajstić information content (AvgIpc) is 2.40. The van der Waals surface area contributed by atoms with Crippen molar-refractivity contribution >= 4 is 34.2 Å². The predicted octanol–water partition coefficient (Wildman–Crippen LogP) is 2.82. The van der Waals surface area contributed by atoms with Crippen molar-refractivity contribution in [3.8, 4) is 5.88 Å². The minimum atomic E-state index is -0.917. The highest BCUT2D eigenvalue weighted by Gasteiger charge is 2.20. The van der Waals surface area contributed by atoms with Gasteiger partial charge in [-0.15, -0.1) is 0 Å². The highest BCUT2D eigenvalue weighted by Crippen LogP contribution is 2.30. The maximum Gasteiger partial charge on any atom is 0.238 e. The van der Waals surface area contributed by atoms with Crippen LogP contribution >= 0.6 is 34.2 Å². The lowest BCUT2D eigenvalue weighted by Crippen LogP contribution is -2.07. The Morgan fingerprint density at radius 3 is 2.78 bits per heavy atom. The minimum absolute atomic E-state index is 0.306. The number of aromatic nitrogens is 2. The van der Waals surface area contributed by atoms with E-state index in [9.17, 15) is 5.11 Å². The fourth-order valence-corrected chi connectivity index (χ4v) is 2.36. The molecular formula is C12H10ClIN2O2. The van der Waals surface area contributed by atoms with Crippen LogP contribution in [0.1, 0.15) is 17.4 Å². The van der Waals surface area contributed by atoms with Gasteiger partial charge in [0.05, 0.1) is 7.11 Å². The first kappa shape index (κ1) is 13.5. The summed E-state index contributed by atoms with van der Waals surface area (Å²) in [5, 5.41) is 10.9. The molecule has 0 aliphatic carbocycles. The van der Waals surface area contributed by atoms with Crippen LogP contribution < -0.4 is 4.74 Å². The Hall–Kier alpha value is -0.920.